The van der Waals surface area contributed by atoms with Crippen LogP contribution in [0.25, 0.3) is 0 Å². The van der Waals surface area contributed by atoms with Crippen molar-refractivity contribution in [3.63, 3.8) is 0 Å². The first-order valence-electron chi connectivity index (χ1n) is 9.00. The molecule has 3 heteroatoms. The monoisotopic (exact) mass is 339 g/mol. The summed E-state index contributed by atoms with van der Waals surface area (Å²) >= 11 is 0. The third-order valence-corrected chi connectivity index (χ3v) is 4.46. The molecule has 3 nitrogen and oxygen atoms in total. The minimum Gasteiger partial charge on any atom is -0.483 e. The molecule has 1 amide bonds. The first-order valence-corrected chi connectivity index (χ1v) is 9.00. The number of rotatable bonds is 7. The lowest BCUT2D eigenvalue weighted by Gasteiger charge is -2.20. The summed E-state index contributed by atoms with van der Waals surface area (Å²) in [6.07, 6.45) is 0.846. The number of nitrogens with one attached hydrogen (secondary N) is 1. The van der Waals surface area contributed by atoms with Gasteiger partial charge >= 0.3 is 0 Å². The molecule has 0 radical (unpaired) electrons. The average molecular weight is 339 g/mol. The summed E-state index contributed by atoms with van der Waals surface area (Å²) in [5, 5.41) is 3.09. The van der Waals surface area contributed by atoms with Gasteiger partial charge in [0, 0.05) is 0 Å². The Balaban J connectivity index is 2.03. The minimum absolute atomic E-state index is 0.0133. The summed E-state index contributed by atoms with van der Waals surface area (Å²) in [4.78, 5) is 12.4. The molecule has 0 spiro atoms. The van der Waals surface area contributed by atoms with Crippen LogP contribution in [0.15, 0.2) is 42.5 Å². The van der Waals surface area contributed by atoms with E-state index < -0.39 is 0 Å². The maximum absolute atomic E-state index is 12.4. The fourth-order valence-electron chi connectivity index (χ4n) is 3.00. The van der Waals surface area contributed by atoms with E-state index in [2.05, 4.69) is 57.3 Å². The molecule has 0 saturated carbocycles. The van der Waals surface area contributed by atoms with Crippen molar-refractivity contribution >= 4 is 5.91 Å². The normalized spacial score (nSPS) is 12.1. The van der Waals surface area contributed by atoms with Crippen LogP contribution in [0.3, 0.4) is 0 Å². The van der Waals surface area contributed by atoms with E-state index in [0.717, 1.165) is 28.9 Å². The van der Waals surface area contributed by atoms with Gasteiger partial charge in [0.25, 0.3) is 5.91 Å². The van der Waals surface area contributed by atoms with E-state index in [1.807, 2.05) is 25.1 Å². The molecule has 0 aromatic heterocycles. The quantitative estimate of drug-likeness (QED) is 0.764. The van der Waals surface area contributed by atoms with Gasteiger partial charge in [0.1, 0.15) is 5.75 Å². The molecule has 134 valence electrons. The van der Waals surface area contributed by atoms with Gasteiger partial charge in [-0.25, -0.2) is 0 Å². The number of hydrogen-bond donors (Lipinski definition) is 1. The summed E-state index contributed by atoms with van der Waals surface area (Å²) in [5.74, 6) is 1.06. The lowest BCUT2D eigenvalue weighted by atomic mass is 9.99. The predicted molar refractivity (Wildman–Crippen MR) is 103 cm³/mol. The van der Waals surface area contributed by atoms with Gasteiger partial charge in [-0.3, -0.25) is 4.79 Å². The van der Waals surface area contributed by atoms with Crippen molar-refractivity contribution < 1.29 is 9.53 Å². The number of ether oxygens (including phenoxy) is 1. The number of amides is 1. The number of hydrogen-bond acceptors (Lipinski definition) is 2. The third kappa shape index (κ3) is 5.09. The van der Waals surface area contributed by atoms with Crippen molar-refractivity contribution in [2.24, 2.45) is 0 Å². The van der Waals surface area contributed by atoms with Crippen LogP contribution in [0, 0.1) is 13.8 Å². The molecule has 0 fully saturated rings. The molecule has 1 atom stereocenters. The summed E-state index contributed by atoms with van der Waals surface area (Å²) in [6, 6.07) is 14.3. The van der Waals surface area contributed by atoms with Gasteiger partial charge in [0.05, 0.1) is 6.04 Å². The molecule has 25 heavy (non-hydrogen) atoms. The molecule has 0 aliphatic rings. The van der Waals surface area contributed by atoms with E-state index >= 15 is 0 Å². The van der Waals surface area contributed by atoms with Gasteiger partial charge in [-0.2, -0.15) is 0 Å². The van der Waals surface area contributed by atoms with Gasteiger partial charge in [-0.1, -0.05) is 57.2 Å². The second-order valence-corrected chi connectivity index (χ2v) is 6.87. The van der Waals surface area contributed by atoms with Crippen molar-refractivity contribution in [3.8, 4) is 5.75 Å². The zero-order chi connectivity index (χ0) is 18.4. The SMILES string of the molecule is CCC(NC(=O)COc1cc(C)ccc1C(C)C)c1ccccc1C. The Kier molecular flexibility index (Phi) is 6.63. The fourth-order valence-corrected chi connectivity index (χ4v) is 3.00. The maximum Gasteiger partial charge on any atom is 0.258 e. The Morgan fingerprint density at radius 1 is 1.08 bits per heavy atom. The van der Waals surface area contributed by atoms with Crippen LogP contribution >= 0.6 is 0 Å². The molecule has 0 aliphatic heterocycles. The molecular weight excluding hydrogens is 310 g/mol. The highest BCUT2D eigenvalue weighted by atomic mass is 16.5. The highest BCUT2D eigenvalue weighted by Crippen LogP contribution is 2.27. The van der Waals surface area contributed by atoms with Crippen molar-refractivity contribution in [1.29, 1.82) is 0 Å². The lowest BCUT2D eigenvalue weighted by molar-refractivity contribution is -0.123. The van der Waals surface area contributed by atoms with Crippen molar-refractivity contribution in [2.75, 3.05) is 6.61 Å². The zero-order valence-corrected chi connectivity index (χ0v) is 15.9. The smallest absolute Gasteiger partial charge is 0.258 e. The third-order valence-electron chi connectivity index (χ3n) is 4.46. The predicted octanol–water partition coefficient (Wildman–Crippen LogP) is 5.07. The molecule has 0 aliphatic carbocycles. The Morgan fingerprint density at radius 3 is 2.44 bits per heavy atom. The summed E-state index contributed by atoms with van der Waals surface area (Å²) < 4.78 is 5.84. The van der Waals surface area contributed by atoms with Crippen molar-refractivity contribution in [2.45, 2.75) is 53.0 Å². The van der Waals surface area contributed by atoms with E-state index in [0.29, 0.717) is 5.92 Å². The highest BCUT2D eigenvalue weighted by Gasteiger charge is 2.16. The van der Waals surface area contributed by atoms with Crippen LogP contribution in [0.1, 0.15) is 61.4 Å². The second kappa shape index (κ2) is 8.70. The Morgan fingerprint density at radius 2 is 1.80 bits per heavy atom. The fraction of sp³-hybridized carbons (Fsp3) is 0.409. The lowest BCUT2D eigenvalue weighted by Crippen LogP contribution is -2.32. The topological polar surface area (TPSA) is 38.3 Å². The molecule has 1 unspecified atom stereocenters. The molecule has 0 bridgehead atoms. The van der Waals surface area contributed by atoms with Gasteiger partial charge in [0.2, 0.25) is 0 Å². The standard InChI is InChI=1S/C22H29NO2/c1-6-20(19-10-8-7-9-17(19)5)23-22(24)14-25-21-13-16(4)11-12-18(21)15(2)3/h7-13,15,20H,6,14H2,1-5H3,(H,23,24). The van der Waals surface area contributed by atoms with E-state index in [4.69, 9.17) is 4.74 Å². The summed E-state index contributed by atoms with van der Waals surface area (Å²) in [5.41, 5.74) is 4.61. The van der Waals surface area contributed by atoms with Gasteiger partial charge in [-0.05, 0) is 54.5 Å². The molecule has 2 aromatic rings. The first-order chi connectivity index (χ1) is 11.9. The summed E-state index contributed by atoms with van der Waals surface area (Å²) in [6.45, 7) is 10.5. The zero-order valence-electron chi connectivity index (χ0n) is 15.9. The van der Waals surface area contributed by atoms with Crippen molar-refractivity contribution in [1.82, 2.24) is 5.32 Å². The molecule has 0 heterocycles. The first kappa shape index (κ1) is 19.0. The van der Waals surface area contributed by atoms with Crippen LogP contribution in [0.4, 0.5) is 0 Å². The number of carbonyl (C=O) groups is 1. The van der Waals surface area contributed by atoms with Gasteiger partial charge in [-0.15, -0.1) is 0 Å². The number of carbonyl (C=O) groups excluding carboxylic acids is 1. The van der Waals surface area contributed by atoms with Crippen LogP contribution in [-0.4, -0.2) is 12.5 Å². The second-order valence-electron chi connectivity index (χ2n) is 6.87. The Hall–Kier alpha value is -2.29. The largest absolute Gasteiger partial charge is 0.483 e. The van der Waals surface area contributed by atoms with E-state index in [1.54, 1.807) is 0 Å². The van der Waals surface area contributed by atoms with Crippen LogP contribution in [0.5, 0.6) is 5.75 Å². The molecular formula is C22H29NO2. The maximum atomic E-state index is 12.4. The average Bonchev–Trinajstić information content (AvgIpc) is 2.58. The number of benzene rings is 2. The Bertz CT molecular complexity index is 722. The molecule has 0 saturated heterocycles. The van der Waals surface area contributed by atoms with E-state index in [-0.39, 0.29) is 18.6 Å². The molecule has 1 N–H and O–H groups in total. The van der Waals surface area contributed by atoms with Gasteiger partial charge in [0.15, 0.2) is 6.61 Å². The summed E-state index contributed by atoms with van der Waals surface area (Å²) in [7, 11) is 0. The van der Waals surface area contributed by atoms with E-state index in [9.17, 15) is 4.79 Å². The molecule has 2 rings (SSSR count). The number of aryl methyl sites for hydroxylation is 2. The van der Waals surface area contributed by atoms with Crippen molar-refractivity contribution in [3.05, 3.63) is 64.7 Å². The van der Waals surface area contributed by atoms with Crippen LogP contribution in [0.2, 0.25) is 0 Å². The minimum atomic E-state index is -0.0914. The van der Waals surface area contributed by atoms with Gasteiger partial charge < -0.3 is 10.1 Å². The van der Waals surface area contributed by atoms with Crippen LogP contribution < -0.4 is 10.1 Å². The highest BCUT2D eigenvalue weighted by molar-refractivity contribution is 5.78. The Labute approximate surface area is 151 Å². The van der Waals surface area contributed by atoms with Crippen LogP contribution in [-0.2, 0) is 4.79 Å². The molecule has 2 aromatic carbocycles. The van der Waals surface area contributed by atoms with E-state index in [1.165, 1.54) is 5.56 Å².